The Kier molecular flexibility index (Phi) is 3.67. The summed E-state index contributed by atoms with van der Waals surface area (Å²) in [4.78, 5) is 0. The largest absolute Gasteiger partial charge is 0.388 e. The van der Waals surface area contributed by atoms with Crippen molar-refractivity contribution in [3.8, 4) is 0 Å². The number of aliphatic hydroxyl groups is 5. The Morgan fingerprint density at radius 1 is 0.889 bits per heavy atom. The van der Waals surface area contributed by atoms with Crippen LogP contribution in [-0.2, 0) is 0 Å². The summed E-state index contributed by atoms with van der Waals surface area (Å²) in [6.45, 7) is 0. The second-order valence-electron chi connectivity index (χ2n) is 1.70. The molecular formula is C4H10O5. The third-order valence-corrected chi connectivity index (χ3v) is 0.796. The van der Waals surface area contributed by atoms with Crippen molar-refractivity contribution in [1.29, 1.82) is 0 Å². The molecule has 0 saturated heterocycles. The standard InChI is InChI=1S/C4H10O5/c5-2(4(8)9)1-3(6)7/h2-9H,1H2. The molecule has 0 radical (unpaired) electrons. The molecule has 5 N–H and O–H groups in total. The minimum absolute atomic E-state index is 0.461. The van der Waals surface area contributed by atoms with Crippen LogP contribution in [0.15, 0.2) is 0 Å². The molecule has 0 aliphatic carbocycles. The van der Waals surface area contributed by atoms with E-state index in [9.17, 15) is 0 Å². The van der Waals surface area contributed by atoms with Crippen LogP contribution in [0.4, 0.5) is 0 Å². The smallest absolute Gasteiger partial charge is 0.178 e. The van der Waals surface area contributed by atoms with E-state index in [0.29, 0.717) is 0 Å². The summed E-state index contributed by atoms with van der Waals surface area (Å²) in [5.41, 5.74) is 0. The Balaban J connectivity index is 3.38. The van der Waals surface area contributed by atoms with Gasteiger partial charge < -0.3 is 25.5 Å². The molecule has 0 aromatic carbocycles. The molecule has 0 aromatic heterocycles. The molecule has 0 fully saturated rings. The van der Waals surface area contributed by atoms with Crippen LogP contribution in [0.5, 0.6) is 0 Å². The molecule has 0 heterocycles. The van der Waals surface area contributed by atoms with Gasteiger partial charge in [0.2, 0.25) is 0 Å². The zero-order chi connectivity index (χ0) is 7.44. The maximum Gasteiger partial charge on any atom is 0.178 e. The van der Waals surface area contributed by atoms with E-state index in [2.05, 4.69) is 0 Å². The molecular weight excluding hydrogens is 128 g/mol. The first-order chi connectivity index (χ1) is 4.04. The van der Waals surface area contributed by atoms with E-state index >= 15 is 0 Å². The average molecular weight is 138 g/mol. The Morgan fingerprint density at radius 2 is 1.33 bits per heavy atom. The van der Waals surface area contributed by atoms with E-state index in [4.69, 9.17) is 25.5 Å². The van der Waals surface area contributed by atoms with Crippen molar-refractivity contribution in [1.82, 2.24) is 0 Å². The maximum absolute atomic E-state index is 8.48. The third-order valence-electron chi connectivity index (χ3n) is 0.796. The highest BCUT2D eigenvalue weighted by atomic mass is 16.5. The summed E-state index contributed by atoms with van der Waals surface area (Å²) in [6, 6.07) is 0. The molecule has 0 aromatic rings. The average Bonchev–Trinajstić information content (AvgIpc) is 1.63. The highest BCUT2D eigenvalue weighted by molar-refractivity contribution is 4.56. The molecule has 0 rings (SSSR count). The SMILES string of the molecule is OC(O)CC(O)C(O)O. The van der Waals surface area contributed by atoms with Crippen LogP contribution in [0.2, 0.25) is 0 Å². The van der Waals surface area contributed by atoms with Crippen molar-refractivity contribution < 1.29 is 25.5 Å². The maximum atomic E-state index is 8.48. The Bertz CT molecular complexity index is 71.4. The van der Waals surface area contributed by atoms with Crippen LogP contribution in [0.1, 0.15) is 6.42 Å². The Morgan fingerprint density at radius 3 is 1.44 bits per heavy atom. The first-order valence-electron chi connectivity index (χ1n) is 2.44. The fourth-order valence-corrected chi connectivity index (χ4v) is 0.338. The van der Waals surface area contributed by atoms with Gasteiger partial charge in [-0.3, -0.25) is 0 Å². The minimum atomic E-state index is -1.91. The quantitative estimate of drug-likeness (QED) is 0.274. The fraction of sp³-hybridized carbons (Fsp3) is 1.00. The summed E-state index contributed by atoms with van der Waals surface area (Å²) < 4.78 is 0. The van der Waals surface area contributed by atoms with Crippen LogP contribution in [0.25, 0.3) is 0 Å². The van der Waals surface area contributed by atoms with Crippen LogP contribution >= 0.6 is 0 Å². The van der Waals surface area contributed by atoms with Gasteiger partial charge in [-0.1, -0.05) is 0 Å². The van der Waals surface area contributed by atoms with Gasteiger partial charge in [-0.25, -0.2) is 0 Å². The van der Waals surface area contributed by atoms with Gasteiger partial charge in [0.15, 0.2) is 12.6 Å². The lowest BCUT2D eigenvalue weighted by Gasteiger charge is -2.12. The second-order valence-corrected chi connectivity index (χ2v) is 1.70. The van der Waals surface area contributed by atoms with Crippen molar-refractivity contribution in [2.24, 2.45) is 0 Å². The van der Waals surface area contributed by atoms with Gasteiger partial charge in [-0.15, -0.1) is 0 Å². The van der Waals surface area contributed by atoms with Crippen LogP contribution in [0, 0.1) is 0 Å². The number of aliphatic hydroxyl groups excluding tert-OH is 3. The monoisotopic (exact) mass is 138 g/mol. The van der Waals surface area contributed by atoms with Gasteiger partial charge in [0.25, 0.3) is 0 Å². The number of hydrogen-bond acceptors (Lipinski definition) is 5. The van der Waals surface area contributed by atoms with Crippen LogP contribution < -0.4 is 0 Å². The van der Waals surface area contributed by atoms with Crippen molar-refractivity contribution in [3.05, 3.63) is 0 Å². The summed E-state index contributed by atoms with van der Waals surface area (Å²) in [5, 5.41) is 41.1. The first-order valence-corrected chi connectivity index (χ1v) is 2.44. The lowest BCUT2D eigenvalue weighted by Crippen LogP contribution is -2.29. The molecule has 1 atom stereocenters. The lowest BCUT2D eigenvalue weighted by atomic mass is 10.2. The molecule has 5 nitrogen and oxygen atoms in total. The normalized spacial score (nSPS) is 15.0. The highest BCUT2D eigenvalue weighted by Crippen LogP contribution is 1.97. The minimum Gasteiger partial charge on any atom is -0.388 e. The van der Waals surface area contributed by atoms with Gasteiger partial charge in [-0.2, -0.15) is 0 Å². The van der Waals surface area contributed by atoms with Crippen LogP contribution in [-0.4, -0.2) is 44.2 Å². The van der Waals surface area contributed by atoms with Crippen LogP contribution in [0.3, 0.4) is 0 Å². The van der Waals surface area contributed by atoms with E-state index in [1.54, 1.807) is 0 Å². The zero-order valence-corrected chi connectivity index (χ0v) is 4.68. The predicted molar refractivity (Wildman–Crippen MR) is 27.1 cm³/mol. The number of rotatable bonds is 3. The Hall–Kier alpha value is -0.200. The van der Waals surface area contributed by atoms with Crippen molar-refractivity contribution in [2.75, 3.05) is 0 Å². The molecule has 5 heteroatoms. The van der Waals surface area contributed by atoms with Gasteiger partial charge in [0, 0.05) is 6.42 Å². The topological polar surface area (TPSA) is 101 Å². The molecule has 56 valence electrons. The van der Waals surface area contributed by atoms with E-state index < -0.39 is 25.1 Å². The van der Waals surface area contributed by atoms with Gasteiger partial charge in [-0.05, 0) is 0 Å². The molecule has 0 spiro atoms. The Labute approximate surface area is 51.8 Å². The second kappa shape index (κ2) is 3.76. The van der Waals surface area contributed by atoms with E-state index in [1.807, 2.05) is 0 Å². The lowest BCUT2D eigenvalue weighted by molar-refractivity contribution is -0.154. The van der Waals surface area contributed by atoms with E-state index in [-0.39, 0.29) is 0 Å². The molecule has 0 aliphatic heterocycles. The van der Waals surface area contributed by atoms with Gasteiger partial charge in [0.05, 0.1) is 0 Å². The van der Waals surface area contributed by atoms with E-state index in [1.165, 1.54) is 0 Å². The van der Waals surface area contributed by atoms with Crippen molar-refractivity contribution in [2.45, 2.75) is 25.1 Å². The molecule has 9 heavy (non-hydrogen) atoms. The molecule has 1 unspecified atom stereocenters. The van der Waals surface area contributed by atoms with Crippen molar-refractivity contribution in [3.63, 3.8) is 0 Å². The molecule has 0 amide bonds. The van der Waals surface area contributed by atoms with E-state index in [0.717, 1.165) is 0 Å². The summed E-state index contributed by atoms with van der Waals surface area (Å²) >= 11 is 0. The predicted octanol–water partition coefficient (Wildman–Crippen LogP) is -2.64. The number of hydrogen-bond donors (Lipinski definition) is 5. The third kappa shape index (κ3) is 4.31. The highest BCUT2D eigenvalue weighted by Gasteiger charge is 2.15. The molecule has 0 aliphatic rings. The summed E-state index contributed by atoms with van der Waals surface area (Å²) in [6.07, 6.45) is -5.57. The van der Waals surface area contributed by atoms with Gasteiger partial charge >= 0.3 is 0 Å². The fourth-order valence-electron chi connectivity index (χ4n) is 0.338. The molecule has 0 bridgehead atoms. The van der Waals surface area contributed by atoms with Crippen molar-refractivity contribution >= 4 is 0 Å². The van der Waals surface area contributed by atoms with Gasteiger partial charge in [0.1, 0.15) is 6.10 Å². The first kappa shape index (κ1) is 8.80. The summed E-state index contributed by atoms with van der Waals surface area (Å²) in [5.74, 6) is 0. The molecule has 0 saturated carbocycles. The summed E-state index contributed by atoms with van der Waals surface area (Å²) in [7, 11) is 0. The zero-order valence-electron chi connectivity index (χ0n) is 4.68.